The summed E-state index contributed by atoms with van der Waals surface area (Å²) in [6, 6.07) is 6.68. The Morgan fingerprint density at radius 1 is 1.16 bits per heavy atom. The van der Waals surface area contributed by atoms with E-state index in [0.29, 0.717) is 11.5 Å². The Labute approximate surface area is 112 Å². The highest BCUT2D eigenvalue weighted by atomic mass is 19.1. The van der Waals surface area contributed by atoms with Crippen molar-refractivity contribution in [1.82, 2.24) is 9.97 Å². The predicted octanol–water partition coefficient (Wildman–Crippen LogP) is 3.49. The number of hydrogen-bond acceptors (Lipinski definition) is 4. The van der Waals surface area contributed by atoms with Crippen molar-refractivity contribution >= 4 is 17.3 Å². The molecule has 0 saturated heterocycles. The predicted molar refractivity (Wildman–Crippen MR) is 75.2 cm³/mol. The van der Waals surface area contributed by atoms with Crippen LogP contribution in [-0.2, 0) is 0 Å². The molecule has 0 saturated carbocycles. The molecule has 0 radical (unpaired) electrons. The van der Waals surface area contributed by atoms with Gasteiger partial charge in [0.1, 0.15) is 23.8 Å². The van der Waals surface area contributed by atoms with Gasteiger partial charge >= 0.3 is 0 Å². The van der Waals surface area contributed by atoms with Gasteiger partial charge in [0.2, 0.25) is 0 Å². The Hall–Kier alpha value is -2.17. The summed E-state index contributed by atoms with van der Waals surface area (Å²) < 4.78 is 13.6. The monoisotopic (exact) mass is 260 g/mol. The number of hydrogen-bond donors (Lipinski definition) is 2. The summed E-state index contributed by atoms with van der Waals surface area (Å²) in [5.41, 5.74) is 1.41. The largest absolute Gasteiger partial charge is 0.370 e. The Morgan fingerprint density at radius 2 is 1.95 bits per heavy atom. The fourth-order valence-electron chi connectivity index (χ4n) is 1.65. The number of aryl methyl sites for hydroxylation is 1. The fraction of sp³-hybridized carbons (Fsp3) is 0.286. The molecule has 4 nitrogen and oxygen atoms in total. The molecule has 0 aliphatic carbocycles. The van der Waals surface area contributed by atoms with E-state index in [1.165, 1.54) is 12.4 Å². The summed E-state index contributed by atoms with van der Waals surface area (Å²) in [4.78, 5) is 8.19. The molecule has 5 heteroatoms. The molecule has 2 aromatic rings. The number of benzene rings is 1. The standard InChI is InChI=1S/C14H17FN4/c1-3-6-16-13-8-14(18-9-17-13)19-12-7-10(2)4-5-11(12)15/h4-5,7-9H,3,6H2,1-2H3,(H2,16,17,18,19). The molecule has 0 aliphatic rings. The van der Waals surface area contributed by atoms with Crippen molar-refractivity contribution in [3.63, 3.8) is 0 Å². The zero-order chi connectivity index (χ0) is 13.7. The minimum atomic E-state index is -0.299. The van der Waals surface area contributed by atoms with E-state index in [-0.39, 0.29) is 5.82 Å². The number of aromatic nitrogens is 2. The van der Waals surface area contributed by atoms with Gasteiger partial charge in [-0.1, -0.05) is 13.0 Å². The van der Waals surface area contributed by atoms with Gasteiger partial charge in [-0.15, -0.1) is 0 Å². The zero-order valence-electron chi connectivity index (χ0n) is 11.1. The summed E-state index contributed by atoms with van der Waals surface area (Å²) in [5.74, 6) is 0.998. The third-order valence-electron chi connectivity index (χ3n) is 2.61. The van der Waals surface area contributed by atoms with Crippen LogP contribution >= 0.6 is 0 Å². The molecule has 2 N–H and O–H groups in total. The highest BCUT2D eigenvalue weighted by Gasteiger charge is 2.04. The van der Waals surface area contributed by atoms with E-state index >= 15 is 0 Å². The highest BCUT2D eigenvalue weighted by Crippen LogP contribution is 2.20. The first-order valence-corrected chi connectivity index (χ1v) is 6.28. The molecule has 0 amide bonds. The molecule has 0 aliphatic heterocycles. The number of nitrogens with zero attached hydrogens (tertiary/aromatic N) is 2. The van der Waals surface area contributed by atoms with Gasteiger partial charge in [-0.3, -0.25) is 0 Å². The molecule has 0 unspecified atom stereocenters. The van der Waals surface area contributed by atoms with Crippen LogP contribution in [0.1, 0.15) is 18.9 Å². The van der Waals surface area contributed by atoms with Gasteiger partial charge in [-0.05, 0) is 31.0 Å². The summed E-state index contributed by atoms with van der Waals surface area (Å²) in [6.07, 6.45) is 2.47. The Kier molecular flexibility index (Phi) is 4.28. The van der Waals surface area contributed by atoms with Crippen molar-refractivity contribution in [2.75, 3.05) is 17.2 Å². The normalized spacial score (nSPS) is 10.3. The zero-order valence-corrected chi connectivity index (χ0v) is 11.1. The molecule has 100 valence electrons. The second-order valence-corrected chi connectivity index (χ2v) is 4.32. The van der Waals surface area contributed by atoms with E-state index in [1.54, 1.807) is 18.2 Å². The van der Waals surface area contributed by atoms with E-state index in [4.69, 9.17) is 0 Å². The van der Waals surface area contributed by atoms with Crippen molar-refractivity contribution in [3.05, 3.63) is 42.0 Å². The molecule has 1 heterocycles. The first-order valence-electron chi connectivity index (χ1n) is 6.28. The molecule has 0 atom stereocenters. The van der Waals surface area contributed by atoms with Crippen LogP contribution < -0.4 is 10.6 Å². The molecule has 19 heavy (non-hydrogen) atoms. The second-order valence-electron chi connectivity index (χ2n) is 4.32. The average Bonchev–Trinajstić information content (AvgIpc) is 2.41. The van der Waals surface area contributed by atoms with Crippen molar-refractivity contribution in [2.45, 2.75) is 20.3 Å². The Balaban J connectivity index is 2.16. The first-order chi connectivity index (χ1) is 9.19. The summed E-state index contributed by atoms with van der Waals surface area (Å²) in [7, 11) is 0. The van der Waals surface area contributed by atoms with Crippen LogP contribution in [0.3, 0.4) is 0 Å². The Bertz CT molecular complexity index is 557. The average molecular weight is 260 g/mol. The van der Waals surface area contributed by atoms with Gasteiger partial charge in [0.25, 0.3) is 0 Å². The number of anilines is 3. The van der Waals surface area contributed by atoms with E-state index in [9.17, 15) is 4.39 Å². The number of halogens is 1. The minimum Gasteiger partial charge on any atom is -0.370 e. The maximum absolute atomic E-state index is 13.6. The van der Waals surface area contributed by atoms with Crippen LogP contribution in [-0.4, -0.2) is 16.5 Å². The molecular formula is C14H17FN4. The molecule has 1 aromatic carbocycles. The third kappa shape index (κ3) is 3.64. The molecule has 1 aromatic heterocycles. The lowest BCUT2D eigenvalue weighted by Gasteiger charge is -2.09. The maximum Gasteiger partial charge on any atom is 0.146 e. The smallest absolute Gasteiger partial charge is 0.146 e. The third-order valence-corrected chi connectivity index (χ3v) is 2.61. The highest BCUT2D eigenvalue weighted by molar-refractivity contribution is 5.60. The fourth-order valence-corrected chi connectivity index (χ4v) is 1.65. The molecular weight excluding hydrogens is 243 g/mol. The first kappa shape index (κ1) is 13.3. The summed E-state index contributed by atoms with van der Waals surface area (Å²) in [6.45, 7) is 4.84. The number of nitrogens with one attached hydrogen (secondary N) is 2. The van der Waals surface area contributed by atoms with Gasteiger partial charge < -0.3 is 10.6 Å². The van der Waals surface area contributed by atoms with Crippen LogP contribution in [0, 0.1) is 12.7 Å². The van der Waals surface area contributed by atoms with Crippen molar-refractivity contribution in [1.29, 1.82) is 0 Å². The van der Waals surface area contributed by atoms with Crippen LogP contribution in [0.2, 0.25) is 0 Å². The molecule has 0 fully saturated rings. The second kappa shape index (κ2) is 6.13. The molecule has 0 spiro atoms. The maximum atomic E-state index is 13.6. The van der Waals surface area contributed by atoms with Crippen molar-refractivity contribution in [2.24, 2.45) is 0 Å². The van der Waals surface area contributed by atoms with Gasteiger partial charge in [0.05, 0.1) is 5.69 Å². The van der Waals surface area contributed by atoms with Gasteiger partial charge in [-0.25, -0.2) is 14.4 Å². The number of rotatable bonds is 5. The van der Waals surface area contributed by atoms with E-state index < -0.39 is 0 Å². The Morgan fingerprint density at radius 3 is 2.74 bits per heavy atom. The topological polar surface area (TPSA) is 49.8 Å². The lowest BCUT2D eigenvalue weighted by Crippen LogP contribution is -2.04. The van der Waals surface area contributed by atoms with E-state index in [0.717, 1.165) is 24.3 Å². The summed E-state index contributed by atoms with van der Waals surface area (Å²) >= 11 is 0. The van der Waals surface area contributed by atoms with Crippen molar-refractivity contribution in [3.8, 4) is 0 Å². The quantitative estimate of drug-likeness (QED) is 0.864. The van der Waals surface area contributed by atoms with Crippen LogP contribution in [0.4, 0.5) is 21.7 Å². The lowest BCUT2D eigenvalue weighted by atomic mass is 10.2. The molecule has 2 rings (SSSR count). The van der Waals surface area contributed by atoms with Crippen LogP contribution in [0.25, 0.3) is 0 Å². The van der Waals surface area contributed by atoms with Crippen molar-refractivity contribution < 1.29 is 4.39 Å². The minimum absolute atomic E-state index is 0.299. The van der Waals surface area contributed by atoms with Crippen LogP contribution in [0.5, 0.6) is 0 Å². The van der Waals surface area contributed by atoms with Gasteiger partial charge in [0.15, 0.2) is 0 Å². The van der Waals surface area contributed by atoms with E-state index in [2.05, 4.69) is 27.5 Å². The SMILES string of the molecule is CCCNc1cc(Nc2cc(C)ccc2F)ncn1. The summed E-state index contributed by atoms with van der Waals surface area (Å²) in [5, 5.41) is 6.13. The molecule has 0 bridgehead atoms. The van der Waals surface area contributed by atoms with E-state index in [1.807, 2.05) is 6.92 Å². The lowest BCUT2D eigenvalue weighted by molar-refractivity contribution is 0.631. The van der Waals surface area contributed by atoms with Crippen LogP contribution in [0.15, 0.2) is 30.6 Å². The van der Waals surface area contributed by atoms with Gasteiger partial charge in [0, 0.05) is 12.6 Å². The van der Waals surface area contributed by atoms with Gasteiger partial charge in [-0.2, -0.15) is 0 Å².